The Morgan fingerprint density at radius 1 is 1.12 bits per heavy atom. The van der Waals surface area contributed by atoms with Gasteiger partial charge in [0.15, 0.2) is 11.9 Å². The number of aliphatic hydroxyl groups excluding tert-OH is 1. The lowest BCUT2D eigenvalue weighted by molar-refractivity contribution is -0.283. The van der Waals surface area contributed by atoms with Crippen molar-refractivity contribution in [2.75, 3.05) is 0 Å². The van der Waals surface area contributed by atoms with Crippen LogP contribution < -0.4 is 16.1 Å². The number of carbonyl (C=O) groups is 2. The number of aliphatic hydroxyl groups is 1. The van der Waals surface area contributed by atoms with Gasteiger partial charge in [-0.3, -0.25) is 4.79 Å². The molecule has 10 nitrogen and oxygen atoms in total. The number of aromatic hydroxyl groups is 1. The molecule has 4 N–H and O–H groups in total. The van der Waals surface area contributed by atoms with Gasteiger partial charge in [0.05, 0.1) is 5.60 Å². The number of aryl methyl sites for hydroxylation is 1. The van der Waals surface area contributed by atoms with Gasteiger partial charge in [-0.2, -0.15) is 0 Å². The van der Waals surface area contributed by atoms with Gasteiger partial charge >= 0.3 is 11.7 Å². The van der Waals surface area contributed by atoms with E-state index in [-0.39, 0.29) is 40.8 Å². The fourth-order valence-electron chi connectivity index (χ4n) is 4.96. The van der Waals surface area contributed by atoms with Gasteiger partial charge in [0.25, 0.3) is 0 Å². The number of phenols is 1. The Kier molecular flexibility index (Phi) is 8.79. The van der Waals surface area contributed by atoms with Crippen LogP contribution in [-0.4, -0.2) is 46.2 Å². The number of primary amides is 1. The van der Waals surface area contributed by atoms with Crippen LogP contribution in [0.3, 0.4) is 0 Å². The lowest BCUT2D eigenvalue weighted by atomic mass is 9.82. The van der Waals surface area contributed by atoms with Crippen LogP contribution in [0.25, 0.3) is 11.0 Å². The summed E-state index contributed by atoms with van der Waals surface area (Å²) >= 11 is 0. The summed E-state index contributed by atoms with van der Waals surface area (Å²) in [4.78, 5) is 37.5. The first-order chi connectivity index (χ1) is 19.7. The van der Waals surface area contributed by atoms with Crippen LogP contribution in [0.15, 0.2) is 57.3 Å². The molecule has 0 bridgehead atoms. The number of ketones is 1. The third-order valence-corrected chi connectivity index (χ3v) is 7.78. The molecule has 3 aromatic rings. The minimum Gasteiger partial charge on any atom is -0.508 e. The zero-order valence-corrected chi connectivity index (χ0v) is 24.6. The first kappa shape index (κ1) is 30.8. The second-order valence-electron chi connectivity index (χ2n) is 11.5. The Bertz CT molecular complexity index is 1600. The van der Waals surface area contributed by atoms with Gasteiger partial charge in [-0.05, 0) is 83.0 Å². The molecule has 2 heterocycles. The number of hydrogen-bond donors (Lipinski definition) is 3. The van der Waals surface area contributed by atoms with Crippen LogP contribution in [-0.2, 0) is 22.3 Å². The predicted octanol–water partition coefficient (Wildman–Crippen LogP) is 4.72. The molecule has 42 heavy (non-hydrogen) atoms. The molecular formula is C32H37NO9. The zero-order valence-electron chi connectivity index (χ0n) is 24.6. The fraction of sp³-hybridized carbons (Fsp3) is 0.406. The summed E-state index contributed by atoms with van der Waals surface area (Å²) in [6.45, 7) is 10.9. The second kappa shape index (κ2) is 12.0. The van der Waals surface area contributed by atoms with E-state index in [1.165, 1.54) is 12.1 Å². The van der Waals surface area contributed by atoms with E-state index in [1.807, 2.05) is 19.9 Å². The average molecular weight is 580 g/mol. The van der Waals surface area contributed by atoms with Crippen LogP contribution in [0.4, 0.5) is 4.79 Å². The second-order valence-corrected chi connectivity index (χ2v) is 11.5. The highest BCUT2D eigenvalue weighted by Gasteiger charge is 2.50. The molecule has 4 atom stereocenters. The van der Waals surface area contributed by atoms with Crippen LogP contribution in [0.2, 0.25) is 0 Å². The zero-order chi connectivity index (χ0) is 30.9. The number of allylic oxidation sites excluding steroid dienone is 2. The van der Waals surface area contributed by atoms with Crippen molar-refractivity contribution in [1.29, 1.82) is 0 Å². The SMILES string of the molecule is CC(C)=CCc1cc(C(=O)Cc2cc3ccc(OC4OC(C)(C)[C@H](C)[C@H](OC(N)=O)[C@@H]4O)c(C)c3oc2=O)ccc1O. The Balaban J connectivity index is 1.58. The smallest absolute Gasteiger partial charge is 0.404 e. The minimum atomic E-state index is -1.33. The largest absolute Gasteiger partial charge is 0.508 e. The average Bonchev–Trinajstić information content (AvgIpc) is 2.91. The number of carbonyl (C=O) groups excluding carboxylic acids is 2. The highest BCUT2D eigenvalue weighted by Crippen LogP contribution is 2.38. The molecule has 1 saturated heterocycles. The van der Waals surface area contributed by atoms with E-state index in [1.54, 1.807) is 52.0 Å². The summed E-state index contributed by atoms with van der Waals surface area (Å²) in [7, 11) is 0. The maximum atomic E-state index is 13.1. The Morgan fingerprint density at radius 2 is 1.83 bits per heavy atom. The molecule has 224 valence electrons. The molecule has 4 rings (SSSR count). The Morgan fingerprint density at radius 3 is 2.50 bits per heavy atom. The number of fused-ring (bicyclic) bond motifs is 1. The van der Waals surface area contributed by atoms with Crippen molar-refractivity contribution < 1.29 is 38.4 Å². The van der Waals surface area contributed by atoms with Gasteiger partial charge in [-0.15, -0.1) is 0 Å². The van der Waals surface area contributed by atoms with E-state index in [0.717, 1.165) is 5.57 Å². The maximum absolute atomic E-state index is 13.1. The van der Waals surface area contributed by atoms with E-state index < -0.39 is 35.8 Å². The van der Waals surface area contributed by atoms with Crippen LogP contribution in [0.1, 0.15) is 61.7 Å². The summed E-state index contributed by atoms with van der Waals surface area (Å²) in [6, 6.07) is 9.57. The molecule has 1 aromatic heterocycles. The third-order valence-electron chi connectivity index (χ3n) is 7.78. The van der Waals surface area contributed by atoms with E-state index in [2.05, 4.69) is 0 Å². The summed E-state index contributed by atoms with van der Waals surface area (Å²) in [5, 5.41) is 21.6. The maximum Gasteiger partial charge on any atom is 0.404 e. The topological polar surface area (TPSA) is 159 Å². The summed E-state index contributed by atoms with van der Waals surface area (Å²) < 4.78 is 22.8. The Labute approximate surface area is 243 Å². The summed E-state index contributed by atoms with van der Waals surface area (Å²) in [5.74, 6) is -0.287. The molecule has 1 aliphatic heterocycles. The van der Waals surface area contributed by atoms with E-state index >= 15 is 0 Å². The monoisotopic (exact) mass is 579 g/mol. The van der Waals surface area contributed by atoms with Crippen molar-refractivity contribution in [2.24, 2.45) is 11.7 Å². The number of hydrogen-bond acceptors (Lipinski definition) is 9. The van der Waals surface area contributed by atoms with Crippen molar-refractivity contribution in [1.82, 2.24) is 0 Å². The normalized spacial score (nSPS) is 21.5. The molecule has 0 aliphatic carbocycles. The third kappa shape index (κ3) is 6.50. The van der Waals surface area contributed by atoms with E-state index in [9.17, 15) is 24.6 Å². The number of ether oxygens (including phenoxy) is 3. The van der Waals surface area contributed by atoms with Crippen LogP contribution in [0.5, 0.6) is 11.5 Å². The van der Waals surface area contributed by atoms with Crippen molar-refractivity contribution in [2.45, 2.75) is 78.5 Å². The number of phenolic OH excluding ortho intramolecular Hbond substituents is 1. The molecule has 0 spiro atoms. The standard InChI is InChI=1S/C32H37NO9/c1-16(2)7-8-19-13-20(9-11-23(19)34)24(35)15-22-14-21-10-12-25(17(3)27(21)40-29(22)37)39-30-26(36)28(41-31(33)38)18(4)32(5,6)42-30/h7,9-14,18,26,28,30,34,36H,8,15H2,1-6H3,(H2,33,38)/t18-,26+,28+,30?/m1/s1. The number of benzene rings is 2. The van der Waals surface area contributed by atoms with Gasteiger partial charge in [0.1, 0.15) is 23.2 Å². The van der Waals surface area contributed by atoms with Crippen molar-refractivity contribution >= 4 is 22.8 Å². The summed E-state index contributed by atoms with van der Waals surface area (Å²) in [6.07, 6.45) is -2.27. The molecule has 1 unspecified atom stereocenters. The van der Waals surface area contributed by atoms with Gasteiger partial charge < -0.3 is 34.6 Å². The first-order valence-corrected chi connectivity index (χ1v) is 13.7. The number of amides is 1. The van der Waals surface area contributed by atoms with Crippen LogP contribution in [0, 0.1) is 12.8 Å². The lowest BCUT2D eigenvalue weighted by Gasteiger charge is -2.47. The number of nitrogens with two attached hydrogens (primary N) is 1. The molecule has 10 heteroatoms. The summed E-state index contributed by atoms with van der Waals surface area (Å²) in [5.41, 5.74) is 6.73. The van der Waals surface area contributed by atoms with E-state index in [0.29, 0.717) is 28.5 Å². The molecule has 2 aromatic carbocycles. The Hall–Kier alpha value is -4.15. The lowest BCUT2D eigenvalue weighted by Crippen LogP contribution is -2.61. The molecule has 1 aliphatic rings. The van der Waals surface area contributed by atoms with Gasteiger partial charge in [-0.1, -0.05) is 18.6 Å². The molecule has 0 saturated carbocycles. The highest BCUT2D eigenvalue weighted by atomic mass is 16.7. The molecule has 1 amide bonds. The quantitative estimate of drug-likeness (QED) is 0.195. The first-order valence-electron chi connectivity index (χ1n) is 13.7. The van der Waals surface area contributed by atoms with Crippen molar-refractivity contribution in [3.8, 4) is 11.5 Å². The van der Waals surface area contributed by atoms with Gasteiger partial charge in [0.2, 0.25) is 6.29 Å². The van der Waals surface area contributed by atoms with Gasteiger partial charge in [0, 0.05) is 34.4 Å². The number of rotatable bonds is 8. The van der Waals surface area contributed by atoms with Crippen molar-refractivity contribution in [3.05, 3.63) is 80.7 Å². The molecule has 0 radical (unpaired) electrons. The van der Waals surface area contributed by atoms with E-state index in [4.69, 9.17) is 24.4 Å². The predicted molar refractivity (Wildman–Crippen MR) is 156 cm³/mol. The highest BCUT2D eigenvalue weighted by molar-refractivity contribution is 5.98. The van der Waals surface area contributed by atoms with Crippen LogP contribution >= 0.6 is 0 Å². The van der Waals surface area contributed by atoms with Crippen molar-refractivity contribution in [3.63, 3.8) is 0 Å². The van der Waals surface area contributed by atoms with Gasteiger partial charge in [-0.25, -0.2) is 9.59 Å². The molecule has 1 fully saturated rings. The number of Topliss-reactive ketones (excluding diaryl/α,β-unsaturated/α-hetero) is 1. The molecular weight excluding hydrogens is 542 g/mol. The minimum absolute atomic E-state index is 0.0999. The fourth-order valence-corrected chi connectivity index (χ4v) is 4.96.